The van der Waals surface area contributed by atoms with Crippen molar-refractivity contribution in [1.82, 2.24) is 25.5 Å². The predicted octanol–water partition coefficient (Wildman–Crippen LogP) is -0.390. The van der Waals surface area contributed by atoms with E-state index in [2.05, 4.69) is 32.6 Å². The average Bonchev–Trinajstić information content (AvgIpc) is 2.79. The van der Waals surface area contributed by atoms with Crippen LogP contribution in [0.4, 0.5) is 0 Å². The molecule has 0 aliphatic carbocycles. The molecule has 1 aromatic heterocycles. The van der Waals surface area contributed by atoms with Crippen molar-refractivity contribution in [3.8, 4) is 0 Å². The van der Waals surface area contributed by atoms with Crippen molar-refractivity contribution >= 4 is 0 Å². The van der Waals surface area contributed by atoms with Gasteiger partial charge in [-0.2, -0.15) is 5.21 Å². The lowest BCUT2D eigenvalue weighted by atomic mass is 9.83. The molecular formula is C9H16N6. The van der Waals surface area contributed by atoms with Crippen LogP contribution in [0.1, 0.15) is 31.5 Å². The molecule has 0 aromatic carbocycles. The van der Waals surface area contributed by atoms with Crippen molar-refractivity contribution < 1.29 is 0 Å². The van der Waals surface area contributed by atoms with Crippen molar-refractivity contribution in [1.29, 1.82) is 0 Å². The second-order valence-electron chi connectivity index (χ2n) is 4.85. The van der Waals surface area contributed by atoms with E-state index in [-0.39, 0.29) is 5.54 Å². The summed E-state index contributed by atoms with van der Waals surface area (Å²) in [5, 5.41) is 14.2. The van der Waals surface area contributed by atoms with Crippen molar-refractivity contribution in [2.75, 3.05) is 7.05 Å². The Kier molecular flexibility index (Phi) is 1.84. The average molecular weight is 208 g/mol. The molecule has 0 radical (unpaired) electrons. The number of hydrogen-bond donors (Lipinski definition) is 2. The lowest BCUT2D eigenvalue weighted by molar-refractivity contribution is 0.108. The molecule has 3 heterocycles. The Balaban J connectivity index is 1.90. The second-order valence-corrected chi connectivity index (χ2v) is 4.85. The smallest absolute Gasteiger partial charge is 0.194 e. The maximum Gasteiger partial charge on any atom is 0.194 e. The fraction of sp³-hybridized carbons (Fsp3) is 0.889. The number of nitrogens with zero attached hydrogens (tertiary/aromatic N) is 4. The maximum absolute atomic E-state index is 6.40. The van der Waals surface area contributed by atoms with Crippen LogP contribution < -0.4 is 5.73 Å². The van der Waals surface area contributed by atoms with Crippen LogP contribution in [-0.2, 0) is 5.54 Å². The van der Waals surface area contributed by atoms with Crippen LogP contribution in [0.25, 0.3) is 0 Å². The van der Waals surface area contributed by atoms with Gasteiger partial charge in [-0.15, -0.1) is 10.2 Å². The van der Waals surface area contributed by atoms with Gasteiger partial charge in [0.2, 0.25) is 0 Å². The van der Waals surface area contributed by atoms with Crippen LogP contribution in [0.3, 0.4) is 0 Å². The molecule has 2 aliphatic heterocycles. The van der Waals surface area contributed by atoms with Gasteiger partial charge in [0.1, 0.15) is 0 Å². The van der Waals surface area contributed by atoms with Crippen LogP contribution in [0.5, 0.6) is 0 Å². The van der Waals surface area contributed by atoms with Crippen molar-refractivity contribution in [2.24, 2.45) is 5.73 Å². The molecule has 2 unspecified atom stereocenters. The number of rotatable bonds is 1. The number of hydrogen-bond acceptors (Lipinski definition) is 5. The summed E-state index contributed by atoms with van der Waals surface area (Å²) in [7, 11) is 2.19. The monoisotopic (exact) mass is 208 g/mol. The van der Waals surface area contributed by atoms with Gasteiger partial charge >= 0.3 is 0 Å². The zero-order valence-electron chi connectivity index (χ0n) is 8.85. The van der Waals surface area contributed by atoms with Gasteiger partial charge in [-0.1, -0.05) is 5.21 Å². The molecule has 0 amide bonds. The number of aromatic nitrogens is 4. The lowest BCUT2D eigenvalue weighted by Gasteiger charge is -2.41. The van der Waals surface area contributed by atoms with Crippen molar-refractivity contribution in [3.63, 3.8) is 0 Å². The van der Waals surface area contributed by atoms with Gasteiger partial charge in [-0.3, -0.25) is 0 Å². The van der Waals surface area contributed by atoms with E-state index in [1.165, 1.54) is 12.8 Å². The standard InChI is InChI=1S/C9H16N6/c1-15-6-2-3-7(15)5-9(10,4-6)8-11-13-14-12-8/h6-7H,2-5,10H2,1H3,(H,11,12,13,14). The summed E-state index contributed by atoms with van der Waals surface area (Å²) in [6.45, 7) is 0. The van der Waals surface area contributed by atoms with Gasteiger partial charge in [0.25, 0.3) is 0 Å². The van der Waals surface area contributed by atoms with Crippen LogP contribution in [0, 0.1) is 0 Å². The molecular weight excluding hydrogens is 192 g/mol. The molecule has 2 bridgehead atoms. The quantitative estimate of drug-likeness (QED) is 0.656. The number of piperidine rings is 1. The molecule has 2 fully saturated rings. The third kappa shape index (κ3) is 1.28. The fourth-order valence-corrected chi connectivity index (χ4v) is 3.06. The van der Waals surface area contributed by atoms with E-state index in [1.54, 1.807) is 0 Å². The largest absolute Gasteiger partial charge is 0.319 e. The van der Waals surface area contributed by atoms with Gasteiger partial charge in [0, 0.05) is 12.1 Å². The van der Waals surface area contributed by atoms with Gasteiger partial charge < -0.3 is 10.6 Å². The first kappa shape index (κ1) is 9.23. The van der Waals surface area contributed by atoms with E-state index in [1.807, 2.05) is 0 Å². The summed E-state index contributed by atoms with van der Waals surface area (Å²) < 4.78 is 0. The van der Waals surface area contributed by atoms with Crippen LogP contribution in [0.15, 0.2) is 0 Å². The number of tetrazole rings is 1. The van der Waals surface area contributed by atoms with E-state index < -0.39 is 0 Å². The van der Waals surface area contributed by atoms with E-state index >= 15 is 0 Å². The Hall–Kier alpha value is -1.01. The summed E-state index contributed by atoms with van der Waals surface area (Å²) in [6.07, 6.45) is 4.38. The van der Waals surface area contributed by atoms with Crippen molar-refractivity contribution in [2.45, 2.75) is 43.3 Å². The summed E-state index contributed by atoms with van der Waals surface area (Å²) in [5.41, 5.74) is 6.03. The minimum Gasteiger partial charge on any atom is -0.319 e. The molecule has 0 saturated carbocycles. The summed E-state index contributed by atoms with van der Waals surface area (Å²) in [4.78, 5) is 2.45. The Morgan fingerprint density at radius 2 is 2.07 bits per heavy atom. The number of H-pyrrole nitrogens is 1. The molecule has 3 rings (SSSR count). The maximum atomic E-state index is 6.40. The number of aromatic amines is 1. The molecule has 82 valence electrons. The molecule has 2 saturated heterocycles. The molecule has 0 spiro atoms. The third-order valence-electron chi connectivity index (χ3n) is 3.98. The van der Waals surface area contributed by atoms with Crippen LogP contribution in [-0.4, -0.2) is 44.7 Å². The SMILES string of the molecule is CN1C2CCC1CC(N)(c1nn[nH]n1)C2. The lowest BCUT2D eigenvalue weighted by Crippen LogP contribution is -2.52. The molecule has 6 heteroatoms. The Labute approximate surface area is 88.2 Å². The first-order chi connectivity index (χ1) is 7.19. The van der Waals surface area contributed by atoms with Crippen LogP contribution in [0.2, 0.25) is 0 Å². The van der Waals surface area contributed by atoms with Crippen LogP contribution >= 0.6 is 0 Å². The third-order valence-corrected chi connectivity index (χ3v) is 3.98. The van der Waals surface area contributed by atoms with E-state index in [9.17, 15) is 0 Å². The normalized spacial score (nSPS) is 40.9. The first-order valence-electron chi connectivity index (χ1n) is 5.44. The number of fused-ring (bicyclic) bond motifs is 2. The Bertz CT molecular complexity index is 333. The Morgan fingerprint density at radius 1 is 1.40 bits per heavy atom. The van der Waals surface area contributed by atoms with E-state index in [0.29, 0.717) is 17.9 Å². The zero-order chi connectivity index (χ0) is 10.5. The molecule has 1 aromatic rings. The highest BCUT2D eigenvalue weighted by molar-refractivity contribution is 5.10. The van der Waals surface area contributed by atoms with Gasteiger partial charge in [-0.05, 0) is 32.7 Å². The molecule has 2 atom stereocenters. The predicted molar refractivity (Wildman–Crippen MR) is 53.9 cm³/mol. The zero-order valence-corrected chi connectivity index (χ0v) is 8.85. The number of nitrogens with one attached hydrogen (secondary N) is 1. The van der Waals surface area contributed by atoms with Gasteiger partial charge in [0.15, 0.2) is 5.82 Å². The molecule has 3 N–H and O–H groups in total. The minimum atomic E-state index is -0.370. The molecule has 2 aliphatic rings. The Morgan fingerprint density at radius 3 is 2.60 bits per heavy atom. The highest BCUT2D eigenvalue weighted by Crippen LogP contribution is 2.42. The van der Waals surface area contributed by atoms with Gasteiger partial charge in [0.05, 0.1) is 5.54 Å². The van der Waals surface area contributed by atoms with Gasteiger partial charge in [-0.25, -0.2) is 0 Å². The highest BCUT2D eigenvalue weighted by Gasteiger charge is 2.47. The summed E-state index contributed by atoms with van der Waals surface area (Å²) in [5.74, 6) is 0.674. The second kappa shape index (κ2) is 2.99. The topological polar surface area (TPSA) is 83.7 Å². The fourth-order valence-electron chi connectivity index (χ4n) is 3.06. The molecule has 6 nitrogen and oxygen atoms in total. The highest BCUT2D eigenvalue weighted by atomic mass is 15.5. The van der Waals surface area contributed by atoms with E-state index in [4.69, 9.17) is 5.73 Å². The number of nitrogens with two attached hydrogens (primary N) is 1. The van der Waals surface area contributed by atoms with E-state index in [0.717, 1.165) is 12.8 Å². The first-order valence-corrected chi connectivity index (χ1v) is 5.44. The molecule has 15 heavy (non-hydrogen) atoms. The van der Waals surface area contributed by atoms with Crippen molar-refractivity contribution in [3.05, 3.63) is 5.82 Å². The summed E-state index contributed by atoms with van der Waals surface area (Å²) in [6, 6.07) is 1.18. The minimum absolute atomic E-state index is 0.370. The summed E-state index contributed by atoms with van der Waals surface area (Å²) >= 11 is 0.